The predicted molar refractivity (Wildman–Crippen MR) is 119 cm³/mol. The largest absolute Gasteiger partial charge is 0.342 e. The maximum atomic E-state index is 13.0. The van der Waals surface area contributed by atoms with E-state index in [4.69, 9.17) is 0 Å². The fourth-order valence-electron chi connectivity index (χ4n) is 4.46. The maximum absolute atomic E-state index is 13.0. The van der Waals surface area contributed by atoms with Gasteiger partial charge in [0.2, 0.25) is 5.91 Å². The Morgan fingerprint density at radius 3 is 1.48 bits per heavy atom. The first-order valence-electron chi connectivity index (χ1n) is 12.6. The van der Waals surface area contributed by atoms with E-state index < -0.39 is 0 Å². The summed E-state index contributed by atoms with van der Waals surface area (Å²) in [4.78, 5) is 15.2. The minimum Gasteiger partial charge on any atom is -0.342 e. The fraction of sp³-hybridized carbons (Fsp3) is 0.960. The third kappa shape index (κ3) is 12.5. The van der Waals surface area contributed by atoms with Crippen molar-refractivity contribution in [1.82, 2.24) is 4.90 Å². The van der Waals surface area contributed by atoms with Crippen LogP contribution in [0.4, 0.5) is 0 Å². The van der Waals surface area contributed by atoms with Crippen LogP contribution in [0.1, 0.15) is 136 Å². The fourth-order valence-corrected chi connectivity index (χ4v) is 4.46. The Morgan fingerprint density at radius 2 is 1.04 bits per heavy atom. The van der Waals surface area contributed by atoms with E-state index in [1.165, 1.54) is 109 Å². The molecule has 0 aliphatic carbocycles. The smallest absolute Gasteiger partial charge is 0.225 e. The molecule has 0 aromatic heterocycles. The van der Waals surface area contributed by atoms with Crippen LogP contribution in [0.2, 0.25) is 0 Å². The van der Waals surface area contributed by atoms with Crippen LogP contribution in [0.15, 0.2) is 0 Å². The third-order valence-corrected chi connectivity index (χ3v) is 6.33. The summed E-state index contributed by atoms with van der Waals surface area (Å²) < 4.78 is 0. The number of likely N-dealkylation sites (tertiary alicyclic amines) is 1. The Kier molecular flexibility index (Phi) is 15.9. The molecule has 160 valence electrons. The Morgan fingerprint density at radius 1 is 0.630 bits per heavy atom. The monoisotopic (exact) mass is 379 g/mol. The number of carbonyl (C=O) groups excluding carboxylic acids is 1. The second-order valence-corrected chi connectivity index (χ2v) is 8.90. The summed E-state index contributed by atoms with van der Waals surface area (Å²) in [6.45, 7) is 6.59. The van der Waals surface area contributed by atoms with Crippen molar-refractivity contribution in [2.24, 2.45) is 5.92 Å². The number of unbranched alkanes of at least 4 members (excludes halogenated alkanes) is 12. The van der Waals surface area contributed by atoms with Gasteiger partial charge in [-0.1, -0.05) is 104 Å². The van der Waals surface area contributed by atoms with Crippen molar-refractivity contribution in [2.45, 2.75) is 136 Å². The first-order valence-corrected chi connectivity index (χ1v) is 12.6. The van der Waals surface area contributed by atoms with Crippen LogP contribution in [-0.2, 0) is 4.79 Å². The van der Waals surface area contributed by atoms with E-state index in [1.54, 1.807) is 0 Å². The molecular weight excluding hydrogens is 330 g/mol. The molecule has 1 amide bonds. The molecular formula is C25H49NO. The van der Waals surface area contributed by atoms with Crippen LogP contribution in [-0.4, -0.2) is 23.9 Å². The summed E-state index contributed by atoms with van der Waals surface area (Å²) in [5.41, 5.74) is 0. The highest BCUT2D eigenvalue weighted by molar-refractivity contribution is 5.78. The maximum Gasteiger partial charge on any atom is 0.225 e. The molecule has 1 atom stereocenters. The van der Waals surface area contributed by atoms with Gasteiger partial charge in [-0.2, -0.15) is 0 Å². The molecule has 0 aromatic rings. The third-order valence-electron chi connectivity index (χ3n) is 6.33. The van der Waals surface area contributed by atoms with Crippen molar-refractivity contribution < 1.29 is 4.79 Å². The molecule has 0 aromatic carbocycles. The van der Waals surface area contributed by atoms with E-state index in [1.807, 2.05) is 0 Å². The highest BCUT2D eigenvalue weighted by Gasteiger charge is 2.24. The molecule has 1 saturated heterocycles. The zero-order valence-corrected chi connectivity index (χ0v) is 18.8. The van der Waals surface area contributed by atoms with Crippen LogP contribution in [0, 0.1) is 5.92 Å². The lowest BCUT2D eigenvalue weighted by Gasteiger charge is -2.30. The van der Waals surface area contributed by atoms with Crippen molar-refractivity contribution in [3.05, 3.63) is 0 Å². The Labute approximate surface area is 170 Å². The van der Waals surface area contributed by atoms with Gasteiger partial charge in [-0.05, 0) is 32.1 Å². The van der Waals surface area contributed by atoms with Crippen LogP contribution in [0.25, 0.3) is 0 Å². The molecule has 1 aliphatic heterocycles. The Balaban J connectivity index is 2.25. The van der Waals surface area contributed by atoms with Gasteiger partial charge in [-0.25, -0.2) is 0 Å². The summed E-state index contributed by atoms with van der Waals surface area (Å²) >= 11 is 0. The topological polar surface area (TPSA) is 20.3 Å². The summed E-state index contributed by atoms with van der Waals surface area (Å²) in [7, 11) is 0. The molecule has 2 heteroatoms. The second-order valence-electron chi connectivity index (χ2n) is 8.90. The molecule has 1 rings (SSSR count). The highest BCUT2D eigenvalue weighted by Crippen LogP contribution is 2.23. The number of amides is 1. The van der Waals surface area contributed by atoms with Crippen molar-refractivity contribution in [2.75, 3.05) is 13.1 Å². The average Bonchev–Trinajstić information content (AvgIpc) is 2.71. The summed E-state index contributed by atoms with van der Waals surface area (Å²) in [5, 5.41) is 0. The van der Waals surface area contributed by atoms with Crippen molar-refractivity contribution in [3.8, 4) is 0 Å². The van der Waals surface area contributed by atoms with Gasteiger partial charge in [-0.15, -0.1) is 0 Å². The number of carbonyl (C=O) groups is 1. The number of nitrogens with zero attached hydrogens (tertiary/aromatic N) is 1. The first-order chi connectivity index (χ1) is 13.3. The molecule has 0 N–H and O–H groups in total. The molecule has 0 spiro atoms. The Bertz CT molecular complexity index is 335. The van der Waals surface area contributed by atoms with Crippen molar-refractivity contribution in [1.29, 1.82) is 0 Å². The van der Waals surface area contributed by atoms with E-state index in [-0.39, 0.29) is 0 Å². The van der Waals surface area contributed by atoms with Gasteiger partial charge in [0, 0.05) is 19.0 Å². The average molecular weight is 380 g/mol. The van der Waals surface area contributed by atoms with Crippen LogP contribution in [0.3, 0.4) is 0 Å². The summed E-state index contributed by atoms with van der Waals surface area (Å²) in [6.07, 6.45) is 24.9. The molecule has 27 heavy (non-hydrogen) atoms. The van der Waals surface area contributed by atoms with E-state index in [9.17, 15) is 4.79 Å². The van der Waals surface area contributed by atoms with Crippen molar-refractivity contribution in [3.63, 3.8) is 0 Å². The number of piperidine rings is 1. The molecule has 0 saturated carbocycles. The molecule has 0 radical (unpaired) electrons. The van der Waals surface area contributed by atoms with E-state index >= 15 is 0 Å². The molecule has 1 fully saturated rings. The number of hydrogen-bond donors (Lipinski definition) is 0. The standard InChI is InChI=1S/C25H49NO/c1-3-5-7-9-11-12-14-17-21-24(20-16-13-10-8-6-4-2)25(27)26-22-18-15-19-23-26/h24H,3-23H2,1-2H3. The SMILES string of the molecule is CCCCCCCCCCC(CCCCCCCC)C(=O)N1CCCCC1. The van der Waals surface area contributed by atoms with Crippen LogP contribution in [0.5, 0.6) is 0 Å². The molecule has 1 unspecified atom stereocenters. The zero-order chi connectivity index (χ0) is 19.6. The van der Waals surface area contributed by atoms with E-state index in [0.717, 1.165) is 25.9 Å². The normalized spacial score (nSPS) is 15.9. The van der Waals surface area contributed by atoms with Crippen LogP contribution < -0.4 is 0 Å². The lowest BCUT2D eigenvalue weighted by atomic mass is 9.92. The predicted octanol–water partition coefficient (Wildman–Crippen LogP) is 7.90. The summed E-state index contributed by atoms with van der Waals surface area (Å²) in [5.74, 6) is 0.806. The van der Waals surface area contributed by atoms with Gasteiger partial charge in [0.15, 0.2) is 0 Å². The lowest BCUT2D eigenvalue weighted by Crippen LogP contribution is -2.39. The first kappa shape index (κ1) is 24.5. The van der Waals surface area contributed by atoms with Gasteiger partial charge in [0.1, 0.15) is 0 Å². The van der Waals surface area contributed by atoms with Gasteiger partial charge in [0.25, 0.3) is 0 Å². The van der Waals surface area contributed by atoms with E-state index in [2.05, 4.69) is 18.7 Å². The summed E-state index contributed by atoms with van der Waals surface area (Å²) in [6, 6.07) is 0. The van der Waals surface area contributed by atoms with Gasteiger partial charge < -0.3 is 4.90 Å². The second kappa shape index (κ2) is 17.6. The van der Waals surface area contributed by atoms with Gasteiger partial charge in [-0.3, -0.25) is 4.79 Å². The van der Waals surface area contributed by atoms with E-state index in [0.29, 0.717) is 11.8 Å². The molecule has 1 heterocycles. The quantitative estimate of drug-likeness (QED) is 0.235. The minimum absolute atomic E-state index is 0.314. The minimum atomic E-state index is 0.314. The highest BCUT2D eigenvalue weighted by atomic mass is 16.2. The molecule has 2 nitrogen and oxygen atoms in total. The van der Waals surface area contributed by atoms with Gasteiger partial charge >= 0.3 is 0 Å². The Hall–Kier alpha value is -0.530. The van der Waals surface area contributed by atoms with Crippen molar-refractivity contribution >= 4 is 5.91 Å². The molecule has 0 bridgehead atoms. The molecule has 1 aliphatic rings. The van der Waals surface area contributed by atoms with Crippen LogP contribution >= 0.6 is 0 Å². The number of rotatable bonds is 17. The number of hydrogen-bond acceptors (Lipinski definition) is 1. The van der Waals surface area contributed by atoms with Gasteiger partial charge in [0.05, 0.1) is 0 Å². The lowest BCUT2D eigenvalue weighted by molar-refractivity contribution is -0.137. The zero-order valence-electron chi connectivity index (χ0n) is 18.8.